The van der Waals surface area contributed by atoms with Gasteiger partial charge in [0.05, 0.1) is 18.6 Å². The van der Waals surface area contributed by atoms with Gasteiger partial charge in [0.25, 0.3) is 0 Å². The van der Waals surface area contributed by atoms with Crippen LogP contribution in [0.2, 0.25) is 0 Å². The molecule has 6 nitrogen and oxygen atoms in total. The lowest BCUT2D eigenvalue weighted by Gasteiger charge is -2.38. The summed E-state index contributed by atoms with van der Waals surface area (Å²) in [5.74, 6) is -0.545. The van der Waals surface area contributed by atoms with E-state index in [4.69, 9.17) is 5.11 Å². The van der Waals surface area contributed by atoms with Crippen LogP contribution in [-0.2, 0) is 4.79 Å². The maximum Gasteiger partial charge on any atom is 0.317 e. The Labute approximate surface area is 113 Å². The van der Waals surface area contributed by atoms with Gasteiger partial charge in [0.1, 0.15) is 0 Å². The Morgan fingerprint density at radius 2 is 2.11 bits per heavy atom. The highest BCUT2D eigenvalue weighted by Crippen LogP contribution is 2.34. The molecule has 1 atom stereocenters. The molecule has 2 amide bonds. The molecule has 1 aliphatic heterocycles. The van der Waals surface area contributed by atoms with E-state index >= 15 is 0 Å². The summed E-state index contributed by atoms with van der Waals surface area (Å²) >= 11 is 0. The predicted molar refractivity (Wildman–Crippen MR) is 70.9 cm³/mol. The van der Waals surface area contributed by atoms with Crippen LogP contribution in [0.1, 0.15) is 39.5 Å². The number of nitrogens with zero attached hydrogens (tertiary/aromatic N) is 1. The lowest BCUT2D eigenvalue weighted by atomic mass is 9.87. The maximum atomic E-state index is 12.1. The van der Waals surface area contributed by atoms with Crippen LogP contribution in [0.5, 0.6) is 0 Å². The third-order valence-electron chi connectivity index (χ3n) is 3.54. The summed E-state index contributed by atoms with van der Waals surface area (Å²) in [7, 11) is 0. The largest absolute Gasteiger partial charge is 0.481 e. The van der Waals surface area contributed by atoms with Crippen LogP contribution in [0, 0.1) is 5.92 Å². The number of carboxylic acids is 1. The predicted octanol–water partition coefficient (Wildman–Crippen LogP) is 1.04. The van der Waals surface area contributed by atoms with Gasteiger partial charge in [0, 0.05) is 13.1 Å². The Balaban J connectivity index is 2.63. The SMILES string of the molecule is CC(C)CC1(CO)CCCN1C(=O)NCCC(=O)O. The second kappa shape index (κ2) is 6.75. The molecule has 6 heteroatoms. The van der Waals surface area contributed by atoms with Crippen molar-refractivity contribution in [3.63, 3.8) is 0 Å². The molecule has 0 saturated carbocycles. The zero-order chi connectivity index (χ0) is 14.5. The number of carbonyl (C=O) groups is 2. The van der Waals surface area contributed by atoms with Crippen molar-refractivity contribution in [1.29, 1.82) is 0 Å². The molecule has 1 rings (SSSR count). The van der Waals surface area contributed by atoms with E-state index in [1.165, 1.54) is 0 Å². The molecular formula is C13H24N2O4. The van der Waals surface area contributed by atoms with Crippen LogP contribution in [0.25, 0.3) is 0 Å². The number of carbonyl (C=O) groups excluding carboxylic acids is 1. The van der Waals surface area contributed by atoms with Crippen molar-refractivity contribution in [3.05, 3.63) is 0 Å². The van der Waals surface area contributed by atoms with Gasteiger partial charge in [-0.15, -0.1) is 0 Å². The minimum absolute atomic E-state index is 0.0441. The van der Waals surface area contributed by atoms with Gasteiger partial charge in [0.2, 0.25) is 0 Å². The highest BCUT2D eigenvalue weighted by molar-refractivity contribution is 5.76. The number of hydrogen-bond acceptors (Lipinski definition) is 3. The van der Waals surface area contributed by atoms with Gasteiger partial charge in [-0.05, 0) is 25.2 Å². The highest BCUT2D eigenvalue weighted by atomic mass is 16.4. The third kappa shape index (κ3) is 4.09. The zero-order valence-electron chi connectivity index (χ0n) is 11.7. The molecule has 0 aromatic rings. The van der Waals surface area contributed by atoms with E-state index in [1.54, 1.807) is 4.90 Å². The van der Waals surface area contributed by atoms with Gasteiger partial charge in [-0.3, -0.25) is 4.79 Å². The molecule has 110 valence electrons. The molecule has 0 bridgehead atoms. The van der Waals surface area contributed by atoms with E-state index in [1.807, 2.05) is 0 Å². The van der Waals surface area contributed by atoms with Crippen LogP contribution in [0.3, 0.4) is 0 Å². The normalized spacial score (nSPS) is 22.8. The van der Waals surface area contributed by atoms with E-state index in [0.29, 0.717) is 12.5 Å². The van der Waals surface area contributed by atoms with Gasteiger partial charge in [-0.1, -0.05) is 13.8 Å². The summed E-state index contributed by atoms with van der Waals surface area (Å²) in [5.41, 5.74) is -0.485. The first kappa shape index (κ1) is 15.8. The van der Waals surface area contributed by atoms with Gasteiger partial charge in [0.15, 0.2) is 0 Å². The van der Waals surface area contributed by atoms with E-state index in [0.717, 1.165) is 19.3 Å². The Morgan fingerprint density at radius 1 is 1.42 bits per heavy atom. The monoisotopic (exact) mass is 272 g/mol. The number of urea groups is 1. The average Bonchev–Trinajstić information content (AvgIpc) is 2.71. The highest BCUT2D eigenvalue weighted by Gasteiger charge is 2.43. The molecule has 1 unspecified atom stereocenters. The molecular weight excluding hydrogens is 248 g/mol. The fourth-order valence-corrected chi connectivity index (χ4v) is 2.83. The quantitative estimate of drug-likeness (QED) is 0.674. The first-order valence-corrected chi connectivity index (χ1v) is 6.79. The van der Waals surface area contributed by atoms with Crippen LogP contribution in [0.15, 0.2) is 0 Å². The number of aliphatic hydroxyl groups excluding tert-OH is 1. The first-order chi connectivity index (χ1) is 8.91. The summed E-state index contributed by atoms with van der Waals surface area (Å²) in [6.45, 7) is 4.82. The molecule has 0 radical (unpaired) electrons. The Bertz CT molecular complexity index is 333. The number of amides is 2. The number of aliphatic carboxylic acids is 1. The Kier molecular flexibility index (Phi) is 5.60. The summed E-state index contributed by atoms with van der Waals surface area (Å²) in [5, 5.41) is 20.9. The number of likely N-dealkylation sites (tertiary alicyclic amines) is 1. The van der Waals surface area contributed by atoms with Gasteiger partial charge in [-0.2, -0.15) is 0 Å². The second-order valence-corrected chi connectivity index (χ2v) is 5.61. The van der Waals surface area contributed by atoms with Crippen molar-refractivity contribution in [3.8, 4) is 0 Å². The van der Waals surface area contributed by atoms with E-state index in [9.17, 15) is 14.7 Å². The number of hydrogen-bond donors (Lipinski definition) is 3. The number of carboxylic acid groups (broad SMARTS) is 1. The summed E-state index contributed by atoms with van der Waals surface area (Å²) < 4.78 is 0. The van der Waals surface area contributed by atoms with Crippen molar-refractivity contribution < 1.29 is 19.8 Å². The molecule has 0 aliphatic carbocycles. The van der Waals surface area contributed by atoms with Gasteiger partial charge < -0.3 is 20.4 Å². The van der Waals surface area contributed by atoms with E-state index in [2.05, 4.69) is 19.2 Å². The van der Waals surface area contributed by atoms with Crippen molar-refractivity contribution in [2.45, 2.75) is 45.1 Å². The lowest BCUT2D eigenvalue weighted by Crippen LogP contribution is -2.54. The molecule has 0 spiro atoms. The van der Waals surface area contributed by atoms with Crippen LogP contribution in [-0.4, -0.2) is 52.3 Å². The van der Waals surface area contributed by atoms with Crippen molar-refractivity contribution in [2.75, 3.05) is 19.7 Å². The van der Waals surface area contributed by atoms with Crippen LogP contribution >= 0.6 is 0 Å². The number of rotatable bonds is 6. The molecule has 0 aromatic carbocycles. The van der Waals surface area contributed by atoms with Crippen molar-refractivity contribution >= 4 is 12.0 Å². The van der Waals surface area contributed by atoms with E-state index in [-0.39, 0.29) is 25.6 Å². The number of aliphatic hydroxyl groups is 1. The van der Waals surface area contributed by atoms with Crippen LogP contribution in [0.4, 0.5) is 4.79 Å². The minimum atomic E-state index is -0.933. The molecule has 3 N–H and O–H groups in total. The topological polar surface area (TPSA) is 89.9 Å². The second-order valence-electron chi connectivity index (χ2n) is 5.61. The molecule has 1 fully saturated rings. The zero-order valence-corrected chi connectivity index (χ0v) is 11.7. The van der Waals surface area contributed by atoms with E-state index < -0.39 is 11.5 Å². The first-order valence-electron chi connectivity index (χ1n) is 6.79. The molecule has 1 heterocycles. The Hall–Kier alpha value is -1.30. The number of nitrogens with one attached hydrogen (secondary N) is 1. The van der Waals surface area contributed by atoms with Gasteiger partial charge in [-0.25, -0.2) is 4.79 Å². The fraction of sp³-hybridized carbons (Fsp3) is 0.846. The minimum Gasteiger partial charge on any atom is -0.481 e. The smallest absolute Gasteiger partial charge is 0.317 e. The van der Waals surface area contributed by atoms with Gasteiger partial charge >= 0.3 is 12.0 Å². The molecule has 0 aromatic heterocycles. The lowest BCUT2D eigenvalue weighted by molar-refractivity contribution is -0.136. The summed E-state index contributed by atoms with van der Waals surface area (Å²) in [6.07, 6.45) is 2.35. The summed E-state index contributed by atoms with van der Waals surface area (Å²) in [4.78, 5) is 24.2. The molecule has 19 heavy (non-hydrogen) atoms. The average molecular weight is 272 g/mol. The maximum absolute atomic E-state index is 12.1. The fourth-order valence-electron chi connectivity index (χ4n) is 2.83. The molecule has 1 aliphatic rings. The summed E-state index contributed by atoms with van der Waals surface area (Å²) in [6, 6.07) is -0.270. The standard InChI is InChI=1S/C13H24N2O4/c1-10(2)8-13(9-16)5-3-7-15(13)12(19)14-6-4-11(17)18/h10,16H,3-9H2,1-2H3,(H,14,19)(H,17,18). The third-order valence-corrected chi connectivity index (χ3v) is 3.54. The van der Waals surface area contributed by atoms with Crippen LogP contribution < -0.4 is 5.32 Å². The molecule has 1 saturated heterocycles. The van der Waals surface area contributed by atoms with Crippen molar-refractivity contribution in [2.24, 2.45) is 5.92 Å². The Morgan fingerprint density at radius 3 is 2.63 bits per heavy atom. The van der Waals surface area contributed by atoms with Crippen molar-refractivity contribution in [1.82, 2.24) is 10.2 Å².